The van der Waals surface area contributed by atoms with Gasteiger partial charge < -0.3 is 91.9 Å². The van der Waals surface area contributed by atoms with E-state index < -0.39 is 182 Å². The maximum Gasteiger partial charge on any atom is 0.250 e. The Kier molecular flexibility index (Phi) is 21.5. The highest BCUT2D eigenvalue weighted by atomic mass is 32.1. The first-order chi connectivity index (χ1) is 42.9. The van der Waals surface area contributed by atoms with Gasteiger partial charge in [0.1, 0.15) is 54.4 Å². The lowest BCUT2D eigenvalue weighted by atomic mass is 10.1. The van der Waals surface area contributed by atoms with E-state index in [4.69, 9.17) is 5.73 Å². The molecule has 0 saturated carbocycles. The second-order valence-corrected chi connectivity index (χ2v) is 24.7. The van der Waals surface area contributed by atoms with E-state index in [1.54, 1.807) is 12.2 Å². The van der Waals surface area contributed by atoms with Crippen LogP contribution in [0.25, 0.3) is 0 Å². The van der Waals surface area contributed by atoms with Gasteiger partial charge in [-0.3, -0.25) is 67.1 Å². The standard InChI is InChI=1S/C57H80N14O18S/c58-48(80)35(29-90)63-44(76)21-59-49(81)40-17-31(72)25-68(40)54(86)36-9-3-13-64(36)45(77)22-60-50(82)41-18-32(73)26-69(41)55(87)37-10-4-14-65(37)46(78)23-61-51(83)42-19-33(74)27-70(42)56(88)38-11-5-15-66(38)47(79)24-62-52(84)43-20-34(75)28-71(43)57(89)39-12-6-16-67(39)53(85)30-7-1-2-8-30/h1-2,7,31-43,72-75,90H,3-6,8-29H2,(H2,58,80)(H,59,81)(H,60,82)(H,61,83)(H,62,84)(H,63,76)/t31-,32-,33-,34-,35-,36-,37-,38-,39-,40-,41-,42-,43-/m0/s1. The minimum absolute atomic E-state index is 0.0904. The number of hydrogen-bond acceptors (Lipinski definition) is 19. The summed E-state index contributed by atoms with van der Waals surface area (Å²) in [6.07, 6.45) is 3.32. The number of β-amino-alcohol motifs (C(OH)–C–C–N with tert-alkyl or cyclic N) is 4. The Morgan fingerprint density at radius 2 is 0.767 bits per heavy atom. The molecule has 90 heavy (non-hydrogen) atoms. The summed E-state index contributed by atoms with van der Waals surface area (Å²) in [5, 5.41) is 54.9. The van der Waals surface area contributed by atoms with Crippen molar-refractivity contribution in [1.82, 2.24) is 65.8 Å². The van der Waals surface area contributed by atoms with Crippen LogP contribution in [-0.4, -0.2) is 305 Å². The van der Waals surface area contributed by atoms with Crippen LogP contribution in [0.4, 0.5) is 0 Å². The Morgan fingerprint density at radius 1 is 0.456 bits per heavy atom. The van der Waals surface area contributed by atoms with Gasteiger partial charge in [-0.2, -0.15) is 12.6 Å². The van der Waals surface area contributed by atoms with Gasteiger partial charge in [-0.15, -0.1) is 0 Å². The highest BCUT2D eigenvalue weighted by Crippen LogP contribution is 2.31. The Balaban J connectivity index is 0.736. The molecule has 0 unspecified atom stereocenters. The molecule has 13 atom stereocenters. The molecule has 11 N–H and O–H groups in total. The van der Waals surface area contributed by atoms with Gasteiger partial charge in [0.25, 0.3) is 5.91 Å². The molecule has 0 aromatic rings. The lowest BCUT2D eigenvalue weighted by molar-refractivity contribution is -0.148. The molecule has 32 nitrogen and oxygen atoms in total. The highest BCUT2D eigenvalue weighted by Gasteiger charge is 2.50. The van der Waals surface area contributed by atoms with Crippen LogP contribution < -0.4 is 32.3 Å². The fourth-order valence-electron chi connectivity index (χ4n) is 13.9. The first-order valence-corrected chi connectivity index (χ1v) is 31.4. The van der Waals surface area contributed by atoms with Crippen LogP contribution in [0.1, 0.15) is 83.5 Å². The van der Waals surface area contributed by atoms with Gasteiger partial charge in [-0.25, -0.2) is 0 Å². The van der Waals surface area contributed by atoms with E-state index in [0.29, 0.717) is 50.6 Å². The number of primary amides is 1. The molecule has 492 valence electrons. The number of amides is 14. The predicted molar refractivity (Wildman–Crippen MR) is 312 cm³/mol. The molecule has 8 fully saturated rings. The Morgan fingerprint density at radius 3 is 1.07 bits per heavy atom. The fourth-order valence-corrected chi connectivity index (χ4v) is 14.2. The summed E-state index contributed by atoms with van der Waals surface area (Å²) in [6.45, 7) is -2.64. The molecular formula is C57H80N14O18S. The second kappa shape index (κ2) is 29.0. The summed E-state index contributed by atoms with van der Waals surface area (Å²) < 4.78 is 0. The number of carbonyl (C=O) groups excluding carboxylic acids is 14. The first-order valence-electron chi connectivity index (χ1n) is 30.8. The van der Waals surface area contributed by atoms with E-state index in [9.17, 15) is 87.5 Å². The minimum atomic E-state index is -1.27. The van der Waals surface area contributed by atoms with Crippen molar-refractivity contribution in [2.45, 2.75) is 162 Å². The second-order valence-electron chi connectivity index (χ2n) is 24.4. The summed E-state index contributed by atoms with van der Waals surface area (Å²) in [7, 11) is 0. The zero-order valence-electron chi connectivity index (χ0n) is 49.7. The molecule has 0 spiro atoms. The van der Waals surface area contributed by atoms with Crippen LogP contribution in [0.2, 0.25) is 0 Å². The molecule has 0 aromatic heterocycles. The van der Waals surface area contributed by atoms with E-state index in [-0.39, 0.29) is 102 Å². The van der Waals surface area contributed by atoms with Gasteiger partial charge in [0, 0.05) is 89.4 Å². The molecule has 0 radical (unpaired) electrons. The molecule has 33 heteroatoms. The van der Waals surface area contributed by atoms with Crippen molar-refractivity contribution in [3.63, 3.8) is 0 Å². The number of likely N-dealkylation sites (tertiary alicyclic amines) is 8. The third kappa shape index (κ3) is 14.7. The zero-order valence-corrected chi connectivity index (χ0v) is 50.6. The number of aliphatic hydroxyl groups excluding tert-OH is 4. The molecule has 0 bridgehead atoms. The number of nitrogens with zero attached hydrogens (tertiary/aromatic N) is 8. The molecular weight excluding hydrogens is 1200 g/mol. The van der Waals surface area contributed by atoms with Gasteiger partial charge in [-0.05, 0) is 57.8 Å². The Bertz CT molecular complexity index is 2950. The maximum atomic E-state index is 14.3. The Labute approximate surface area is 523 Å². The van der Waals surface area contributed by atoms with Crippen molar-refractivity contribution in [3.05, 3.63) is 23.8 Å². The first kappa shape index (κ1) is 66.7. The third-order valence-corrected chi connectivity index (χ3v) is 18.8. The normalized spacial score (nSPS) is 29.1. The van der Waals surface area contributed by atoms with Crippen molar-refractivity contribution >= 4 is 95.3 Å². The largest absolute Gasteiger partial charge is 0.391 e. The maximum absolute atomic E-state index is 14.3. The minimum Gasteiger partial charge on any atom is -0.391 e. The lowest BCUT2D eigenvalue weighted by Crippen LogP contribution is -2.57. The molecule has 8 aliphatic heterocycles. The SMILES string of the molecule is NC(=O)[C@H](CS)NC(=O)CNC(=O)[C@@H]1C[C@H](O)CN1C(=O)[C@@H]1CCCN1C(=O)CNC(=O)[C@@H]1C[C@H](O)CN1C(=O)[C@@H]1CCCN1C(=O)CNC(=O)[C@@H]1C[C@H](O)CN1C(=O)[C@@H]1CCCN1C(=O)CNC(=O)[C@@H]1C[C@H](O)CN1C(=O)[C@@H]1CCCN1C(=O)C1=CC=CC1. The number of nitrogens with one attached hydrogen (secondary N) is 5. The quantitative estimate of drug-likeness (QED) is 0.0504. The number of aliphatic hydroxyl groups is 4. The van der Waals surface area contributed by atoms with E-state index >= 15 is 0 Å². The Hall–Kier alpha value is -7.75. The number of allylic oxidation sites excluding steroid dienone is 3. The van der Waals surface area contributed by atoms with Gasteiger partial charge in [-0.1, -0.05) is 18.2 Å². The fraction of sp³-hybridized carbons (Fsp3) is 0.684. The predicted octanol–water partition coefficient (Wildman–Crippen LogP) is -7.95. The third-order valence-electron chi connectivity index (χ3n) is 18.4. The number of hydrogen-bond donors (Lipinski definition) is 11. The molecule has 8 saturated heterocycles. The van der Waals surface area contributed by atoms with Crippen LogP contribution in [0.5, 0.6) is 0 Å². The van der Waals surface area contributed by atoms with E-state index in [1.165, 1.54) is 24.5 Å². The lowest BCUT2D eigenvalue weighted by Gasteiger charge is -2.32. The summed E-state index contributed by atoms with van der Waals surface area (Å²) in [5.41, 5.74) is 5.78. The van der Waals surface area contributed by atoms with E-state index in [2.05, 4.69) is 39.2 Å². The number of carbonyl (C=O) groups is 14. The number of rotatable bonds is 20. The molecule has 9 rings (SSSR count). The summed E-state index contributed by atoms with van der Waals surface area (Å²) >= 11 is 3.96. The van der Waals surface area contributed by atoms with Crippen molar-refractivity contribution in [1.29, 1.82) is 0 Å². The van der Waals surface area contributed by atoms with Crippen molar-refractivity contribution < 1.29 is 87.5 Å². The molecule has 8 heterocycles. The monoisotopic (exact) mass is 1280 g/mol. The van der Waals surface area contributed by atoms with Gasteiger partial charge in [0.15, 0.2) is 0 Å². The summed E-state index contributed by atoms with van der Waals surface area (Å²) in [5.74, 6) is -9.43. The molecule has 14 amide bonds. The topological polar surface area (TPSA) is 432 Å². The van der Waals surface area contributed by atoms with Crippen molar-refractivity contribution in [2.24, 2.45) is 5.73 Å². The van der Waals surface area contributed by atoms with Gasteiger partial charge in [0.05, 0.1) is 50.6 Å². The highest BCUT2D eigenvalue weighted by molar-refractivity contribution is 7.80. The molecule has 0 aromatic carbocycles. The van der Waals surface area contributed by atoms with Gasteiger partial charge in [0.2, 0.25) is 76.8 Å². The van der Waals surface area contributed by atoms with E-state index in [1.807, 2.05) is 6.08 Å². The molecule has 9 aliphatic rings. The molecule has 1 aliphatic carbocycles. The van der Waals surface area contributed by atoms with Crippen LogP contribution in [0, 0.1) is 0 Å². The van der Waals surface area contributed by atoms with Gasteiger partial charge >= 0.3 is 0 Å². The van der Waals surface area contributed by atoms with Crippen LogP contribution in [0.3, 0.4) is 0 Å². The smallest absolute Gasteiger partial charge is 0.250 e. The summed E-state index contributed by atoms with van der Waals surface area (Å²) in [6, 6.07) is -10.1. The number of thiol groups is 1. The number of nitrogens with two attached hydrogens (primary N) is 1. The zero-order chi connectivity index (χ0) is 64.8. The summed E-state index contributed by atoms with van der Waals surface area (Å²) in [4.78, 5) is 199. The average Bonchev–Trinajstić information content (AvgIpc) is 1.70. The van der Waals surface area contributed by atoms with Crippen LogP contribution in [0.15, 0.2) is 23.8 Å². The van der Waals surface area contributed by atoms with Crippen LogP contribution >= 0.6 is 12.6 Å². The average molecular weight is 1280 g/mol. The van der Waals surface area contributed by atoms with Crippen molar-refractivity contribution in [2.75, 3.05) is 84.3 Å². The van der Waals surface area contributed by atoms with Crippen LogP contribution in [-0.2, 0) is 67.1 Å². The van der Waals surface area contributed by atoms with E-state index in [0.717, 1.165) is 14.7 Å². The van der Waals surface area contributed by atoms with Crippen molar-refractivity contribution in [3.8, 4) is 0 Å².